The van der Waals surface area contributed by atoms with Crippen molar-refractivity contribution in [3.05, 3.63) is 75.4 Å². The van der Waals surface area contributed by atoms with E-state index < -0.39 is 0 Å². The van der Waals surface area contributed by atoms with Crippen molar-refractivity contribution in [3.8, 4) is 11.3 Å². The third-order valence-electron chi connectivity index (χ3n) is 6.21. The molecule has 172 valence electrons. The van der Waals surface area contributed by atoms with Gasteiger partial charge in [0.15, 0.2) is 5.65 Å². The maximum Gasteiger partial charge on any atom is 0.150 e. The average molecular weight is 511 g/mol. The van der Waals surface area contributed by atoms with Gasteiger partial charge in [-0.05, 0) is 54.5 Å². The zero-order chi connectivity index (χ0) is 23.7. The molecule has 1 fully saturated rings. The monoisotopic (exact) mass is 509 g/mol. The molecule has 2 aromatic carbocycles. The lowest BCUT2D eigenvalue weighted by atomic mass is 9.97. The highest BCUT2D eigenvalue weighted by atomic mass is 35.5. The van der Waals surface area contributed by atoms with Gasteiger partial charge in [-0.1, -0.05) is 59.1 Å². The average Bonchev–Trinajstić information content (AvgIpc) is 3.21. The fourth-order valence-corrected chi connectivity index (χ4v) is 5.07. The van der Waals surface area contributed by atoms with Crippen molar-refractivity contribution < 1.29 is 0 Å². The maximum absolute atomic E-state index is 6.44. The first-order chi connectivity index (χ1) is 16.5. The summed E-state index contributed by atoms with van der Waals surface area (Å²) in [5.74, 6) is 1.34. The van der Waals surface area contributed by atoms with E-state index in [4.69, 9.17) is 47.6 Å². The lowest BCUT2D eigenvalue weighted by molar-refractivity contribution is 0.173. The molecule has 1 N–H and O–H groups in total. The maximum atomic E-state index is 6.44. The predicted molar refractivity (Wildman–Crippen MR) is 142 cm³/mol. The van der Waals surface area contributed by atoms with E-state index in [1.807, 2.05) is 48.5 Å². The summed E-state index contributed by atoms with van der Waals surface area (Å²) in [6.07, 6.45) is 3.94. The van der Waals surface area contributed by atoms with Crippen LogP contribution in [0.4, 0.5) is 5.82 Å². The third-order valence-corrected chi connectivity index (χ3v) is 7.28. The molecule has 1 aliphatic heterocycles. The van der Waals surface area contributed by atoms with Crippen LogP contribution in [0.2, 0.25) is 15.1 Å². The Hall–Kier alpha value is -2.25. The highest BCUT2D eigenvalue weighted by molar-refractivity contribution is 6.42. The Kier molecular flexibility index (Phi) is 7.02. The van der Waals surface area contributed by atoms with Gasteiger partial charge in [-0.15, -0.1) is 0 Å². The van der Waals surface area contributed by atoms with Crippen LogP contribution < -0.4 is 10.8 Å². The smallest absolute Gasteiger partial charge is 0.150 e. The Morgan fingerprint density at radius 2 is 1.88 bits per heavy atom. The largest absolute Gasteiger partial charge is 0.370 e. The molecular formula is C25H23BCl3N5. The lowest BCUT2D eigenvalue weighted by Gasteiger charge is -2.33. The number of piperidine rings is 1. The Morgan fingerprint density at radius 1 is 1.03 bits per heavy atom. The van der Waals surface area contributed by atoms with E-state index in [-0.39, 0.29) is 0 Å². The first-order valence-corrected chi connectivity index (χ1v) is 12.4. The zero-order valence-corrected chi connectivity index (χ0v) is 20.8. The fourth-order valence-electron chi connectivity index (χ4n) is 4.52. The van der Waals surface area contributed by atoms with Gasteiger partial charge in [-0.25, -0.2) is 4.98 Å². The summed E-state index contributed by atoms with van der Waals surface area (Å²) in [5, 5.41) is 9.86. The van der Waals surface area contributed by atoms with Crippen molar-refractivity contribution in [2.24, 2.45) is 5.92 Å². The molecule has 1 aliphatic rings. The topological polar surface area (TPSA) is 45.5 Å². The SMILES string of the molecule is [B]c1cnn2c(NCC3CCCN(Cc4ccc(Cl)c(Cl)c4)C3)cc(-c3ccccc3Cl)nc12. The number of likely N-dealkylation sites (tertiary alicyclic amines) is 1. The number of anilines is 1. The molecule has 1 atom stereocenters. The van der Waals surface area contributed by atoms with Gasteiger partial charge >= 0.3 is 0 Å². The van der Waals surface area contributed by atoms with Crippen LogP contribution in [0, 0.1) is 5.92 Å². The first kappa shape index (κ1) is 23.5. The lowest BCUT2D eigenvalue weighted by Crippen LogP contribution is -2.37. The summed E-state index contributed by atoms with van der Waals surface area (Å²) >= 11 is 18.7. The molecule has 1 unspecified atom stereocenters. The molecule has 0 saturated carbocycles. The minimum absolute atomic E-state index is 0.497. The number of nitrogens with zero attached hydrogens (tertiary/aromatic N) is 4. The summed E-state index contributed by atoms with van der Waals surface area (Å²) in [6, 6.07) is 15.5. The second kappa shape index (κ2) is 10.2. The van der Waals surface area contributed by atoms with E-state index >= 15 is 0 Å². The van der Waals surface area contributed by atoms with E-state index in [2.05, 4.69) is 15.3 Å². The van der Waals surface area contributed by atoms with Crippen LogP contribution in [-0.4, -0.2) is 47.0 Å². The van der Waals surface area contributed by atoms with Crippen LogP contribution in [0.5, 0.6) is 0 Å². The predicted octanol–water partition coefficient (Wildman–Crippen LogP) is 5.47. The number of benzene rings is 2. The van der Waals surface area contributed by atoms with Crippen LogP contribution in [0.3, 0.4) is 0 Å². The molecule has 0 bridgehead atoms. The van der Waals surface area contributed by atoms with Gasteiger partial charge in [0, 0.05) is 42.5 Å². The summed E-state index contributed by atoms with van der Waals surface area (Å²) < 4.78 is 1.76. The number of rotatable bonds is 6. The van der Waals surface area contributed by atoms with E-state index in [9.17, 15) is 0 Å². The van der Waals surface area contributed by atoms with Gasteiger partial charge in [-0.3, -0.25) is 4.90 Å². The molecule has 34 heavy (non-hydrogen) atoms. The number of hydrogen-bond donors (Lipinski definition) is 1. The molecule has 2 aromatic heterocycles. The van der Waals surface area contributed by atoms with Crippen LogP contribution in [0.1, 0.15) is 18.4 Å². The molecule has 9 heteroatoms. The summed E-state index contributed by atoms with van der Waals surface area (Å²) in [7, 11) is 6.15. The van der Waals surface area contributed by atoms with Crippen molar-refractivity contribution in [1.29, 1.82) is 0 Å². The highest BCUT2D eigenvalue weighted by Crippen LogP contribution is 2.29. The molecule has 3 heterocycles. The van der Waals surface area contributed by atoms with Crippen molar-refractivity contribution >= 4 is 59.6 Å². The van der Waals surface area contributed by atoms with E-state index in [1.54, 1.807) is 10.7 Å². The number of hydrogen-bond acceptors (Lipinski definition) is 4. The number of halogens is 3. The number of nitrogens with one attached hydrogen (secondary N) is 1. The van der Waals surface area contributed by atoms with Crippen LogP contribution >= 0.6 is 34.8 Å². The molecule has 5 rings (SSSR count). The van der Waals surface area contributed by atoms with Crippen LogP contribution in [0.15, 0.2) is 54.7 Å². The second-order valence-electron chi connectivity index (χ2n) is 8.71. The zero-order valence-electron chi connectivity index (χ0n) is 18.5. The molecule has 4 aromatic rings. The van der Waals surface area contributed by atoms with E-state index in [0.29, 0.717) is 32.1 Å². The quantitative estimate of drug-likeness (QED) is 0.349. The van der Waals surface area contributed by atoms with Gasteiger partial charge in [0.1, 0.15) is 13.7 Å². The Labute approximate surface area is 215 Å². The van der Waals surface area contributed by atoms with Crippen molar-refractivity contribution in [1.82, 2.24) is 19.5 Å². The minimum Gasteiger partial charge on any atom is -0.370 e. The summed E-state index contributed by atoms with van der Waals surface area (Å²) in [5.41, 5.74) is 3.95. The summed E-state index contributed by atoms with van der Waals surface area (Å²) in [4.78, 5) is 7.19. The Bertz CT molecular complexity index is 1330. The molecule has 2 radical (unpaired) electrons. The van der Waals surface area contributed by atoms with Crippen LogP contribution in [0.25, 0.3) is 16.9 Å². The molecule has 0 amide bonds. The highest BCUT2D eigenvalue weighted by Gasteiger charge is 2.21. The molecule has 0 aliphatic carbocycles. The van der Waals surface area contributed by atoms with Gasteiger partial charge in [0.25, 0.3) is 0 Å². The summed E-state index contributed by atoms with van der Waals surface area (Å²) in [6.45, 7) is 3.75. The van der Waals surface area contributed by atoms with Crippen molar-refractivity contribution in [2.75, 3.05) is 25.0 Å². The molecule has 0 spiro atoms. The van der Waals surface area contributed by atoms with Gasteiger partial charge in [-0.2, -0.15) is 9.61 Å². The number of fused-ring (bicyclic) bond motifs is 1. The Morgan fingerprint density at radius 3 is 2.71 bits per heavy atom. The van der Waals surface area contributed by atoms with Crippen molar-refractivity contribution in [2.45, 2.75) is 19.4 Å². The minimum atomic E-state index is 0.497. The van der Waals surface area contributed by atoms with Gasteiger partial charge < -0.3 is 5.32 Å². The molecular weight excluding hydrogens is 487 g/mol. The normalized spacial score (nSPS) is 16.7. The molecule has 5 nitrogen and oxygen atoms in total. The second-order valence-corrected chi connectivity index (χ2v) is 9.94. The number of aromatic nitrogens is 3. The fraction of sp³-hybridized carbons (Fsp3) is 0.280. The third kappa shape index (κ3) is 5.06. The Balaban J connectivity index is 1.32. The van der Waals surface area contributed by atoms with Gasteiger partial charge in [0.05, 0.1) is 15.7 Å². The van der Waals surface area contributed by atoms with Gasteiger partial charge in [0.2, 0.25) is 0 Å². The molecule has 1 saturated heterocycles. The van der Waals surface area contributed by atoms with E-state index in [0.717, 1.165) is 56.1 Å². The van der Waals surface area contributed by atoms with Crippen molar-refractivity contribution in [3.63, 3.8) is 0 Å². The van der Waals surface area contributed by atoms with E-state index in [1.165, 1.54) is 5.56 Å². The first-order valence-electron chi connectivity index (χ1n) is 11.3. The standard InChI is InChI=1S/C25H23BCl3N5/c26-19-13-31-34-24(11-23(32-25(19)34)18-5-1-2-6-20(18)27)30-12-17-4-3-9-33(15-17)14-16-7-8-21(28)22(29)10-16/h1-2,5-8,10-11,13,17,30H,3-4,9,12,14-15H2. The van der Waals surface area contributed by atoms with Crippen LogP contribution in [-0.2, 0) is 6.54 Å².